The lowest BCUT2D eigenvalue weighted by Gasteiger charge is -1.98. The van der Waals surface area contributed by atoms with E-state index in [-0.39, 0.29) is 11.4 Å². The number of anilines is 1. The summed E-state index contributed by atoms with van der Waals surface area (Å²) in [6.45, 7) is 0. The molecular weight excluding hydrogens is 274 g/mol. The Labute approximate surface area is 99.4 Å². The van der Waals surface area contributed by atoms with E-state index in [1.165, 1.54) is 0 Å². The number of nitrogens with zero attached hydrogens (tertiary/aromatic N) is 1. The maximum absolute atomic E-state index is 10.8. The molecule has 4 N–H and O–H groups in total. The van der Waals surface area contributed by atoms with Gasteiger partial charge in [0, 0.05) is 10.0 Å². The highest BCUT2D eigenvalue weighted by atomic mass is 79.9. The van der Waals surface area contributed by atoms with Crippen molar-refractivity contribution in [2.24, 2.45) is 0 Å². The first kappa shape index (κ1) is 10.7. The molecule has 1 aromatic heterocycles. The van der Waals surface area contributed by atoms with Crippen LogP contribution < -0.4 is 5.73 Å². The van der Waals surface area contributed by atoms with Gasteiger partial charge in [0.25, 0.3) is 0 Å². The van der Waals surface area contributed by atoms with Gasteiger partial charge in [-0.1, -0.05) is 28.1 Å². The minimum Gasteiger partial charge on any atom is -0.476 e. The molecule has 2 rings (SSSR count). The number of hydrogen-bond donors (Lipinski definition) is 3. The fraction of sp³-hybridized carbons (Fsp3) is 0. The molecule has 0 bridgehead atoms. The number of carbonyl (C=O) groups is 1. The van der Waals surface area contributed by atoms with Crippen LogP contribution in [0.4, 0.5) is 5.69 Å². The van der Waals surface area contributed by atoms with Gasteiger partial charge in [-0.25, -0.2) is 4.79 Å². The Morgan fingerprint density at radius 1 is 1.38 bits per heavy atom. The van der Waals surface area contributed by atoms with E-state index in [2.05, 4.69) is 26.1 Å². The van der Waals surface area contributed by atoms with Crippen LogP contribution in [0.1, 0.15) is 10.5 Å². The number of aromatic nitrogens is 2. The Morgan fingerprint density at radius 2 is 2.00 bits per heavy atom. The molecule has 0 aliphatic rings. The number of benzene rings is 1. The van der Waals surface area contributed by atoms with Crippen molar-refractivity contribution in [1.29, 1.82) is 0 Å². The summed E-state index contributed by atoms with van der Waals surface area (Å²) in [5.41, 5.74) is 6.97. The fourth-order valence-corrected chi connectivity index (χ4v) is 1.61. The van der Waals surface area contributed by atoms with E-state index < -0.39 is 5.97 Å². The van der Waals surface area contributed by atoms with Crippen molar-refractivity contribution >= 4 is 27.6 Å². The molecule has 1 aromatic carbocycles. The highest BCUT2D eigenvalue weighted by Crippen LogP contribution is 2.27. The number of nitrogen functional groups attached to an aromatic ring is 1. The summed E-state index contributed by atoms with van der Waals surface area (Å²) in [4.78, 5) is 10.8. The summed E-state index contributed by atoms with van der Waals surface area (Å²) < 4.78 is 0.934. The van der Waals surface area contributed by atoms with Gasteiger partial charge in [-0.15, -0.1) is 0 Å². The predicted molar refractivity (Wildman–Crippen MR) is 63.1 cm³/mol. The van der Waals surface area contributed by atoms with Crippen molar-refractivity contribution in [2.45, 2.75) is 0 Å². The van der Waals surface area contributed by atoms with Gasteiger partial charge in [-0.05, 0) is 12.1 Å². The van der Waals surface area contributed by atoms with Crippen LogP contribution in [0.5, 0.6) is 0 Å². The first-order chi connectivity index (χ1) is 7.59. The Morgan fingerprint density at radius 3 is 2.50 bits per heavy atom. The highest BCUT2D eigenvalue weighted by Gasteiger charge is 2.16. The van der Waals surface area contributed by atoms with Crippen molar-refractivity contribution in [3.8, 4) is 11.3 Å². The summed E-state index contributed by atoms with van der Waals surface area (Å²) in [6, 6.07) is 7.29. The molecule has 0 radical (unpaired) electrons. The van der Waals surface area contributed by atoms with Gasteiger partial charge in [0.1, 0.15) is 5.69 Å². The third-order valence-corrected chi connectivity index (χ3v) is 2.66. The average molecular weight is 282 g/mol. The Kier molecular flexibility index (Phi) is 2.66. The molecule has 0 unspecified atom stereocenters. The third kappa shape index (κ3) is 1.79. The van der Waals surface area contributed by atoms with E-state index in [1.807, 2.05) is 24.3 Å². The second-order valence-corrected chi connectivity index (χ2v) is 4.09. The van der Waals surface area contributed by atoms with Crippen molar-refractivity contribution in [3.63, 3.8) is 0 Å². The minimum absolute atomic E-state index is 0.0853. The molecular formula is C10H8BrN3O2. The number of carboxylic acids is 1. The van der Waals surface area contributed by atoms with E-state index in [1.54, 1.807) is 0 Å². The van der Waals surface area contributed by atoms with Crippen LogP contribution in [-0.2, 0) is 0 Å². The van der Waals surface area contributed by atoms with E-state index in [9.17, 15) is 4.79 Å². The summed E-state index contributed by atoms with van der Waals surface area (Å²) in [5.74, 6) is -1.12. The van der Waals surface area contributed by atoms with Gasteiger partial charge < -0.3 is 10.8 Å². The number of carboxylic acid groups (broad SMARTS) is 1. The number of nitrogens with one attached hydrogen (secondary N) is 1. The lowest BCUT2D eigenvalue weighted by atomic mass is 10.1. The van der Waals surface area contributed by atoms with Crippen LogP contribution in [0, 0.1) is 0 Å². The van der Waals surface area contributed by atoms with E-state index in [0.717, 1.165) is 10.0 Å². The van der Waals surface area contributed by atoms with Crippen molar-refractivity contribution in [2.75, 3.05) is 5.73 Å². The molecule has 6 heteroatoms. The first-order valence-electron chi connectivity index (χ1n) is 4.42. The fourth-order valence-electron chi connectivity index (χ4n) is 1.34. The molecule has 0 amide bonds. The van der Waals surface area contributed by atoms with E-state index >= 15 is 0 Å². The monoisotopic (exact) mass is 281 g/mol. The van der Waals surface area contributed by atoms with Crippen molar-refractivity contribution < 1.29 is 9.90 Å². The van der Waals surface area contributed by atoms with Gasteiger partial charge >= 0.3 is 5.97 Å². The number of H-pyrrole nitrogens is 1. The first-order valence-corrected chi connectivity index (χ1v) is 5.22. The molecule has 0 atom stereocenters. The Hall–Kier alpha value is -1.82. The molecule has 0 aliphatic heterocycles. The maximum Gasteiger partial charge on any atom is 0.356 e. The number of hydrogen-bond acceptors (Lipinski definition) is 3. The molecule has 5 nitrogen and oxygen atoms in total. The normalized spacial score (nSPS) is 10.3. The number of rotatable bonds is 2. The van der Waals surface area contributed by atoms with Crippen LogP contribution in [0.2, 0.25) is 0 Å². The molecule has 0 aliphatic carbocycles. The Bertz CT molecular complexity index is 533. The van der Waals surface area contributed by atoms with E-state index in [0.29, 0.717) is 5.69 Å². The minimum atomic E-state index is -1.12. The molecule has 0 saturated heterocycles. The largest absolute Gasteiger partial charge is 0.476 e. The standard InChI is InChI=1S/C10H8BrN3O2/c11-6-3-1-5(2-4-6)8-7(12)9(10(15)16)14-13-8/h1-4H,12H2,(H,13,14)(H,15,16). The smallest absolute Gasteiger partial charge is 0.356 e. The van der Waals surface area contributed by atoms with Gasteiger partial charge in [-0.2, -0.15) is 5.10 Å². The van der Waals surface area contributed by atoms with Crippen molar-refractivity contribution in [3.05, 3.63) is 34.4 Å². The zero-order valence-electron chi connectivity index (χ0n) is 8.07. The van der Waals surface area contributed by atoms with Crippen LogP contribution in [0.25, 0.3) is 11.3 Å². The van der Waals surface area contributed by atoms with Gasteiger partial charge in [0.05, 0.1) is 5.69 Å². The van der Waals surface area contributed by atoms with Gasteiger partial charge in [0.15, 0.2) is 5.69 Å². The maximum atomic E-state index is 10.8. The second kappa shape index (κ2) is 3.97. The summed E-state index contributed by atoms with van der Waals surface area (Å²) in [6.07, 6.45) is 0. The zero-order chi connectivity index (χ0) is 11.7. The summed E-state index contributed by atoms with van der Waals surface area (Å²) >= 11 is 3.31. The quantitative estimate of drug-likeness (QED) is 0.786. The molecule has 2 aromatic rings. The molecule has 0 saturated carbocycles. The predicted octanol–water partition coefficient (Wildman–Crippen LogP) is 2.12. The van der Waals surface area contributed by atoms with Gasteiger partial charge in [-0.3, -0.25) is 5.10 Å². The average Bonchev–Trinajstić information content (AvgIpc) is 2.61. The number of nitrogens with two attached hydrogens (primary N) is 1. The summed E-state index contributed by atoms with van der Waals surface area (Å²) in [5, 5.41) is 15.1. The van der Waals surface area contributed by atoms with Crippen molar-refractivity contribution in [1.82, 2.24) is 10.2 Å². The number of halogens is 1. The van der Waals surface area contributed by atoms with Gasteiger partial charge in [0.2, 0.25) is 0 Å². The topological polar surface area (TPSA) is 92.0 Å². The molecule has 0 spiro atoms. The molecule has 0 fully saturated rings. The zero-order valence-corrected chi connectivity index (χ0v) is 9.65. The lowest BCUT2D eigenvalue weighted by Crippen LogP contribution is -2.01. The molecule has 16 heavy (non-hydrogen) atoms. The SMILES string of the molecule is Nc1c(-c2ccc(Br)cc2)n[nH]c1C(=O)O. The Balaban J connectivity index is 2.49. The molecule has 82 valence electrons. The third-order valence-electron chi connectivity index (χ3n) is 2.14. The highest BCUT2D eigenvalue weighted by molar-refractivity contribution is 9.10. The second-order valence-electron chi connectivity index (χ2n) is 3.17. The molecule has 1 heterocycles. The van der Waals surface area contributed by atoms with Crippen LogP contribution in [0.3, 0.4) is 0 Å². The summed E-state index contributed by atoms with van der Waals surface area (Å²) in [7, 11) is 0. The van der Waals surface area contributed by atoms with E-state index in [4.69, 9.17) is 10.8 Å². The lowest BCUT2D eigenvalue weighted by molar-refractivity contribution is 0.0691. The van der Waals surface area contributed by atoms with Crippen LogP contribution in [-0.4, -0.2) is 21.3 Å². The number of aromatic amines is 1. The number of aromatic carboxylic acids is 1. The van der Waals surface area contributed by atoms with Crippen LogP contribution in [0.15, 0.2) is 28.7 Å². The van der Waals surface area contributed by atoms with Crippen LogP contribution >= 0.6 is 15.9 Å².